The van der Waals surface area contributed by atoms with Gasteiger partial charge in [-0.05, 0) is 30.0 Å². The third-order valence-electron chi connectivity index (χ3n) is 5.64. The zero-order chi connectivity index (χ0) is 22.0. The quantitative estimate of drug-likeness (QED) is 0.584. The standard InChI is InChI=1S/C22H26N4O4S/c1-3-9-25-21(28)20-17(8-14-31-20)26(22(25)29)15-19(27)24-12-10-23(11-13-24)16-6-4-5-7-18(16)30-2/h4-8,14H,3,9-13,15H2,1-2H3. The first-order valence-corrected chi connectivity index (χ1v) is 11.3. The van der Waals surface area contributed by atoms with Crippen LogP contribution in [0.1, 0.15) is 13.3 Å². The smallest absolute Gasteiger partial charge is 0.332 e. The second kappa shape index (κ2) is 8.97. The van der Waals surface area contributed by atoms with Crippen LogP contribution >= 0.6 is 11.3 Å². The summed E-state index contributed by atoms with van der Waals surface area (Å²) in [6.07, 6.45) is 0.672. The normalized spacial score (nSPS) is 14.3. The monoisotopic (exact) mass is 442 g/mol. The van der Waals surface area contributed by atoms with E-state index in [1.165, 1.54) is 20.5 Å². The molecule has 1 aliphatic heterocycles. The molecule has 0 radical (unpaired) electrons. The number of aromatic nitrogens is 2. The van der Waals surface area contributed by atoms with E-state index in [1.807, 2.05) is 31.2 Å². The Balaban J connectivity index is 1.52. The Morgan fingerprint density at radius 1 is 1.06 bits per heavy atom. The van der Waals surface area contributed by atoms with Gasteiger partial charge in [-0.25, -0.2) is 4.79 Å². The molecule has 0 bridgehead atoms. The molecule has 31 heavy (non-hydrogen) atoms. The predicted molar refractivity (Wildman–Crippen MR) is 122 cm³/mol. The Morgan fingerprint density at radius 3 is 2.52 bits per heavy atom. The van der Waals surface area contributed by atoms with Crippen LogP contribution in [0.4, 0.5) is 5.69 Å². The van der Waals surface area contributed by atoms with Crippen LogP contribution in [0.5, 0.6) is 5.75 Å². The van der Waals surface area contributed by atoms with E-state index in [2.05, 4.69) is 4.90 Å². The largest absolute Gasteiger partial charge is 0.495 e. The van der Waals surface area contributed by atoms with Crippen molar-refractivity contribution in [2.24, 2.45) is 0 Å². The van der Waals surface area contributed by atoms with Crippen molar-refractivity contribution in [2.75, 3.05) is 38.2 Å². The van der Waals surface area contributed by atoms with E-state index >= 15 is 0 Å². The molecule has 4 rings (SSSR count). The van der Waals surface area contributed by atoms with Crippen molar-refractivity contribution in [1.82, 2.24) is 14.0 Å². The van der Waals surface area contributed by atoms with E-state index in [9.17, 15) is 14.4 Å². The number of anilines is 1. The van der Waals surface area contributed by atoms with Gasteiger partial charge in [0.25, 0.3) is 5.56 Å². The van der Waals surface area contributed by atoms with Crippen molar-refractivity contribution < 1.29 is 9.53 Å². The molecule has 0 saturated carbocycles. The van der Waals surface area contributed by atoms with Gasteiger partial charge in [0, 0.05) is 32.7 Å². The van der Waals surface area contributed by atoms with Crippen molar-refractivity contribution in [3.8, 4) is 5.75 Å². The van der Waals surface area contributed by atoms with Gasteiger partial charge in [0.2, 0.25) is 5.91 Å². The topological polar surface area (TPSA) is 76.8 Å². The van der Waals surface area contributed by atoms with Gasteiger partial charge >= 0.3 is 5.69 Å². The highest BCUT2D eigenvalue weighted by Crippen LogP contribution is 2.28. The van der Waals surface area contributed by atoms with Gasteiger partial charge in [-0.1, -0.05) is 19.1 Å². The van der Waals surface area contributed by atoms with Gasteiger partial charge in [0.15, 0.2) is 0 Å². The molecule has 1 amide bonds. The lowest BCUT2D eigenvalue weighted by Crippen LogP contribution is -2.50. The van der Waals surface area contributed by atoms with Crippen LogP contribution in [0.2, 0.25) is 0 Å². The molecule has 3 heterocycles. The minimum atomic E-state index is -0.418. The Morgan fingerprint density at radius 2 is 1.81 bits per heavy atom. The predicted octanol–water partition coefficient (Wildman–Crippen LogP) is 1.99. The fourth-order valence-electron chi connectivity index (χ4n) is 4.03. The lowest BCUT2D eigenvalue weighted by molar-refractivity contribution is -0.132. The average molecular weight is 443 g/mol. The number of benzene rings is 1. The second-order valence-electron chi connectivity index (χ2n) is 7.50. The molecule has 0 N–H and O–H groups in total. The summed E-state index contributed by atoms with van der Waals surface area (Å²) in [5, 5.41) is 1.79. The summed E-state index contributed by atoms with van der Waals surface area (Å²) in [4.78, 5) is 42.6. The molecule has 1 saturated heterocycles. The van der Waals surface area contributed by atoms with E-state index < -0.39 is 5.69 Å². The van der Waals surface area contributed by atoms with Gasteiger partial charge in [-0.2, -0.15) is 0 Å². The highest BCUT2D eigenvalue weighted by molar-refractivity contribution is 7.17. The third-order valence-corrected chi connectivity index (χ3v) is 6.53. The van der Waals surface area contributed by atoms with E-state index in [0.717, 1.165) is 11.4 Å². The third kappa shape index (κ3) is 3.97. The Hall–Kier alpha value is -3.07. The Bertz CT molecular complexity index is 1200. The van der Waals surface area contributed by atoms with Crippen LogP contribution in [0.25, 0.3) is 10.2 Å². The molecule has 1 aliphatic rings. The summed E-state index contributed by atoms with van der Waals surface area (Å²) in [5.41, 5.74) is 0.859. The van der Waals surface area contributed by atoms with Crippen LogP contribution < -0.4 is 20.9 Å². The molecule has 3 aromatic rings. The SMILES string of the molecule is CCCn1c(=O)c2sccc2n(CC(=O)N2CCN(c3ccccc3OC)CC2)c1=O. The average Bonchev–Trinajstić information content (AvgIpc) is 3.29. The first-order chi connectivity index (χ1) is 15.0. The van der Waals surface area contributed by atoms with Crippen LogP contribution in [0, 0.1) is 0 Å². The minimum Gasteiger partial charge on any atom is -0.495 e. The number of para-hydroxylation sites is 2. The van der Waals surface area contributed by atoms with E-state index in [1.54, 1.807) is 23.5 Å². The summed E-state index contributed by atoms with van der Waals surface area (Å²) in [6.45, 7) is 4.69. The van der Waals surface area contributed by atoms with Crippen molar-refractivity contribution in [3.05, 3.63) is 56.5 Å². The summed E-state index contributed by atoms with van der Waals surface area (Å²) in [6, 6.07) is 9.59. The number of carbonyl (C=O) groups is 1. The molecule has 0 unspecified atom stereocenters. The lowest BCUT2D eigenvalue weighted by atomic mass is 10.2. The van der Waals surface area contributed by atoms with Crippen molar-refractivity contribution in [3.63, 3.8) is 0 Å². The molecular weight excluding hydrogens is 416 g/mol. The number of nitrogens with zero attached hydrogens (tertiary/aromatic N) is 4. The number of hydrogen-bond donors (Lipinski definition) is 0. The molecule has 0 atom stereocenters. The molecule has 1 fully saturated rings. The minimum absolute atomic E-state index is 0.0648. The Labute approximate surface area is 183 Å². The maximum atomic E-state index is 13.0. The molecule has 0 aliphatic carbocycles. The number of rotatable bonds is 6. The highest BCUT2D eigenvalue weighted by Gasteiger charge is 2.24. The van der Waals surface area contributed by atoms with E-state index in [4.69, 9.17) is 4.74 Å². The summed E-state index contributed by atoms with van der Waals surface area (Å²) >= 11 is 1.30. The van der Waals surface area contributed by atoms with Crippen LogP contribution in [0.15, 0.2) is 45.3 Å². The zero-order valence-corrected chi connectivity index (χ0v) is 18.6. The fraction of sp³-hybridized carbons (Fsp3) is 0.409. The molecular formula is C22H26N4O4S. The second-order valence-corrected chi connectivity index (χ2v) is 8.42. The summed E-state index contributed by atoms with van der Waals surface area (Å²) in [5.74, 6) is 0.697. The summed E-state index contributed by atoms with van der Waals surface area (Å²) in [7, 11) is 1.65. The van der Waals surface area contributed by atoms with Gasteiger partial charge in [-0.15, -0.1) is 11.3 Å². The van der Waals surface area contributed by atoms with Gasteiger partial charge in [0.05, 0.1) is 18.3 Å². The van der Waals surface area contributed by atoms with Crippen LogP contribution in [0.3, 0.4) is 0 Å². The number of methoxy groups -OCH3 is 1. The maximum absolute atomic E-state index is 13.0. The van der Waals surface area contributed by atoms with Gasteiger partial charge in [0.1, 0.15) is 17.0 Å². The Kier molecular flexibility index (Phi) is 6.13. The number of carbonyl (C=O) groups excluding carboxylic acids is 1. The van der Waals surface area contributed by atoms with Crippen molar-refractivity contribution in [1.29, 1.82) is 0 Å². The first-order valence-electron chi connectivity index (χ1n) is 10.4. The summed E-state index contributed by atoms with van der Waals surface area (Å²) < 4.78 is 8.65. The van der Waals surface area contributed by atoms with Gasteiger partial charge in [-0.3, -0.25) is 18.7 Å². The van der Waals surface area contributed by atoms with Crippen molar-refractivity contribution >= 4 is 33.1 Å². The molecule has 9 heteroatoms. The fourth-order valence-corrected chi connectivity index (χ4v) is 4.87. The maximum Gasteiger partial charge on any atom is 0.332 e. The first kappa shape index (κ1) is 21.2. The number of thiophene rings is 1. The lowest BCUT2D eigenvalue weighted by Gasteiger charge is -2.36. The van der Waals surface area contributed by atoms with E-state index in [0.29, 0.717) is 49.4 Å². The van der Waals surface area contributed by atoms with Gasteiger partial charge < -0.3 is 14.5 Å². The molecule has 2 aromatic heterocycles. The highest BCUT2D eigenvalue weighted by atomic mass is 32.1. The number of amides is 1. The zero-order valence-electron chi connectivity index (χ0n) is 17.7. The molecule has 8 nitrogen and oxygen atoms in total. The number of piperazine rings is 1. The van der Waals surface area contributed by atoms with E-state index in [-0.39, 0.29) is 18.0 Å². The number of fused-ring (bicyclic) bond motifs is 1. The molecule has 164 valence electrons. The van der Waals surface area contributed by atoms with Crippen LogP contribution in [-0.2, 0) is 17.9 Å². The number of ether oxygens (including phenoxy) is 1. The van der Waals surface area contributed by atoms with Crippen LogP contribution in [-0.4, -0.2) is 53.2 Å². The number of hydrogen-bond acceptors (Lipinski definition) is 6. The molecule has 0 spiro atoms. The molecule has 1 aromatic carbocycles. The van der Waals surface area contributed by atoms with Crippen molar-refractivity contribution in [2.45, 2.75) is 26.4 Å².